The zero-order valence-electron chi connectivity index (χ0n) is 11.2. The van der Waals surface area contributed by atoms with Crippen molar-refractivity contribution < 1.29 is 14.6 Å². The van der Waals surface area contributed by atoms with E-state index in [2.05, 4.69) is 16.3 Å². The maximum Gasteiger partial charge on any atom is 0.231 e. The van der Waals surface area contributed by atoms with Crippen LogP contribution in [0.25, 0.3) is 0 Å². The molecule has 0 bridgehead atoms. The molecule has 2 heterocycles. The molecule has 104 valence electrons. The van der Waals surface area contributed by atoms with Crippen molar-refractivity contribution in [2.24, 2.45) is 0 Å². The van der Waals surface area contributed by atoms with Crippen molar-refractivity contribution in [2.75, 3.05) is 33.0 Å². The van der Waals surface area contributed by atoms with E-state index in [0.717, 1.165) is 31.1 Å². The van der Waals surface area contributed by atoms with Crippen molar-refractivity contribution in [3.63, 3.8) is 0 Å². The Bertz CT molecular complexity index is 462. The molecule has 1 atom stereocenters. The molecule has 2 N–H and O–H groups in total. The van der Waals surface area contributed by atoms with Gasteiger partial charge in [-0.1, -0.05) is 6.07 Å². The van der Waals surface area contributed by atoms with Crippen LogP contribution in [0.3, 0.4) is 0 Å². The smallest absolute Gasteiger partial charge is 0.231 e. The lowest BCUT2D eigenvalue weighted by Crippen LogP contribution is -2.43. The quantitative estimate of drug-likeness (QED) is 0.818. The zero-order chi connectivity index (χ0) is 13.3. The first-order chi connectivity index (χ1) is 9.12. The highest BCUT2D eigenvalue weighted by atomic mass is 16.7. The number of nitrogens with zero attached hydrogens (tertiary/aromatic N) is 1. The molecule has 1 saturated heterocycles. The Morgan fingerprint density at radius 2 is 2.21 bits per heavy atom. The summed E-state index contributed by atoms with van der Waals surface area (Å²) in [5.74, 6) is 1.63. The van der Waals surface area contributed by atoms with Crippen molar-refractivity contribution in [3.05, 3.63) is 23.8 Å². The van der Waals surface area contributed by atoms with E-state index in [-0.39, 0.29) is 0 Å². The average Bonchev–Trinajstić information content (AvgIpc) is 2.74. The Kier molecular flexibility index (Phi) is 3.35. The van der Waals surface area contributed by atoms with Crippen LogP contribution in [0.4, 0.5) is 0 Å². The maximum atomic E-state index is 10.2. The van der Waals surface area contributed by atoms with Gasteiger partial charge in [0.25, 0.3) is 0 Å². The first-order valence-electron chi connectivity index (χ1n) is 6.66. The summed E-state index contributed by atoms with van der Waals surface area (Å²) >= 11 is 0. The van der Waals surface area contributed by atoms with E-state index in [1.165, 1.54) is 5.56 Å². The lowest BCUT2D eigenvalue weighted by atomic mass is 10.1. The van der Waals surface area contributed by atoms with Crippen LogP contribution in [-0.2, 0) is 6.54 Å². The number of ether oxygens (including phenoxy) is 2. The molecule has 0 amide bonds. The second-order valence-electron chi connectivity index (χ2n) is 5.57. The molecule has 5 nitrogen and oxygen atoms in total. The normalized spacial score (nSPS) is 27.3. The fraction of sp³-hybridized carbons (Fsp3) is 0.571. The number of benzene rings is 1. The number of aliphatic hydroxyl groups is 1. The van der Waals surface area contributed by atoms with Gasteiger partial charge >= 0.3 is 0 Å². The Labute approximate surface area is 113 Å². The molecular formula is C14H20N2O3. The number of nitrogens with one attached hydrogen (secondary N) is 1. The van der Waals surface area contributed by atoms with Crippen LogP contribution in [0.5, 0.6) is 11.5 Å². The third-order valence-corrected chi connectivity index (χ3v) is 3.52. The minimum Gasteiger partial charge on any atom is -0.454 e. The second-order valence-corrected chi connectivity index (χ2v) is 5.57. The molecule has 0 radical (unpaired) electrons. The fourth-order valence-electron chi connectivity index (χ4n) is 2.64. The van der Waals surface area contributed by atoms with Crippen LogP contribution >= 0.6 is 0 Å². The van der Waals surface area contributed by atoms with E-state index in [4.69, 9.17) is 9.47 Å². The molecule has 0 saturated carbocycles. The lowest BCUT2D eigenvalue weighted by molar-refractivity contribution is 0.0321. The molecule has 3 rings (SSSR count). The summed E-state index contributed by atoms with van der Waals surface area (Å²) in [5, 5.41) is 13.5. The van der Waals surface area contributed by atoms with Gasteiger partial charge in [-0.2, -0.15) is 0 Å². The third kappa shape index (κ3) is 3.00. The van der Waals surface area contributed by atoms with Crippen LogP contribution in [0.1, 0.15) is 12.5 Å². The SMILES string of the molecule is CC1(O)CNCCN(Cc2ccc3c(c2)OCO3)C1. The largest absolute Gasteiger partial charge is 0.454 e. The summed E-state index contributed by atoms with van der Waals surface area (Å²) < 4.78 is 10.7. The molecule has 0 spiro atoms. The molecule has 1 aromatic rings. The topological polar surface area (TPSA) is 54.0 Å². The van der Waals surface area contributed by atoms with E-state index in [0.29, 0.717) is 19.9 Å². The van der Waals surface area contributed by atoms with E-state index in [9.17, 15) is 5.11 Å². The van der Waals surface area contributed by atoms with Gasteiger partial charge in [0.2, 0.25) is 6.79 Å². The summed E-state index contributed by atoms with van der Waals surface area (Å²) in [6.45, 7) is 6.15. The van der Waals surface area contributed by atoms with E-state index >= 15 is 0 Å². The predicted octanol–water partition coefficient (Wildman–Crippen LogP) is 0.571. The van der Waals surface area contributed by atoms with Gasteiger partial charge in [0.05, 0.1) is 5.60 Å². The third-order valence-electron chi connectivity index (χ3n) is 3.52. The van der Waals surface area contributed by atoms with Gasteiger partial charge in [0, 0.05) is 32.7 Å². The van der Waals surface area contributed by atoms with Crippen molar-refractivity contribution in [3.8, 4) is 11.5 Å². The van der Waals surface area contributed by atoms with Gasteiger partial charge in [-0.05, 0) is 24.6 Å². The minimum absolute atomic E-state index is 0.307. The van der Waals surface area contributed by atoms with Gasteiger partial charge in [-0.3, -0.25) is 4.90 Å². The summed E-state index contributed by atoms with van der Waals surface area (Å²) in [6.07, 6.45) is 0. The highest BCUT2D eigenvalue weighted by Gasteiger charge is 2.26. The van der Waals surface area contributed by atoms with Gasteiger partial charge in [0.15, 0.2) is 11.5 Å². The van der Waals surface area contributed by atoms with Crippen LogP contribution < -0.4 is 14.8 Å². The monoisotopic (exact) mass is 264 g/mol. The Morgan fingerprint density at radius 1 is 1.37 bits per heavy atom. The fourth-order valence-corrected chi connectivity index (χ4v) is 2.64. The van der Waals surface area contributed by atoms with Gasteiger partial charge in [0.1, 0.15) is 0 Å². The number of hydrogen-bond donors (Lipinski definition) is 2. The van der Waals surface area contributed by atoms with Crippen LogP contribution in [0.15, 0.2) is 18.2 Å². The molecule has 19 heavy (non-hydrogen) atoms. The number of fused-ring (bicyclic) bond motifs is 1. The predicted molar refractivity (Wildman–Crippen MR) is 71.3 cm³/mol. The van der Waals surface area contributed by atoms with Crippen molar-refractivity contribution >= 4 is 0 Å². The summed E-state index contributed by atoms with van der Waals surface area (Å²) in [5.41, 5.74) is 0.509. The van der Waals surface area contributed by atoms with Gasteiger partial charge < -0.3 is 19.9 Å². The highest BCUT2D eigenvalue weighted by molar-refractivity contribution is 5.44. The Hall–Kier alpha value is -1.30. The highest BCUT2D eigenvalue weighted by Crippen LogP contribution is 2.32. The molecule has 1 unspecified atom stereocenters. The second kappa shape index (κ2) is 5.00. The first-order valence-corrected chi connectivity index (χ1v) is 6.66. The lowest BCUT2D eigenvalue weighted by Gasteiger charge is -2.27. The number of rotatable bonds is 2. The number of hydrogen-bond acceptors (Lipinski definition) is 5. The Balaban J connectivity index is 1.70. The molecular weight excluding hydrogens is 244 g/mol. The van der Waals surface area contributed by atoms with Crippen molar-refractivity contribution in [1.82, 2.24) is 10.2 Å². The van der Waals surface area contributed by atoms with Crippen LogP contribution in [0, 0.1) is 0 Å². The molecule has 0 aliphatic carbocycles. The van der Waals surface area contributed by atoms with Gasteiger partial charge in [-0.15, -0.1) is 0 Å². The van der Waals surface area contributed by atoms with Crippen LogP contribution in [0.2, 0.25) is 0 Å². The van der Waals surface area contributed by atoms with E-state index in [1.807, 2.05) is 19.1 Å². The maximum absolute atomic E-state index is 10.2. The minimum atomic E-state index is -0.674. The average molecular weight is 264 g/mol. The van der Waals surface area contributed by atoms with E-state index in [1.54, 1.807) is 0 Å². The summed E-state index contributed by atoms with van der Waals surface area (Å²) in [4.78, 5) is 2.26. The molecule has 1 aromatic carbocycles. The molecule has 2 aliphatic rings. The van der Waals surface area contributed by atoms with Crippen molar-refractivity contribution in [2.45, 2.75) is 19.1 Å². The van der Waals surface area contributed by atoms with Gasteiger partial charge in [-0.25, -0.2) is 0 Å². The first kappa shape index (κ1) is 12.7. The molecule has 0 aromatic heterocycles. The molecule has 1 fully saturated rings. The standard InChI is InChI=1S/C14H20N2O3/c1-14(17)8-15-4-5-16(9-14)7-11-2-3-12-13(6-11)19-10-18-12/h2-3,6,15,17H,4-5,7-10H2,1H3. The number of β-amino-alcohol motifs (C(OH)–C–C–N with tert-alkyl or cyclic N) is 1. The van der Waals surface area contributed by atoms with E-state index < -0.39 is 5.60 Å². The molecule has 2 aliphatic heterocycles. The van der Waals surface area contributed by atoms with Crippen LogP contribution in [-0.4, -0.2) is 48.6 Å². The summed E-state index contributed by atoms with van der Waals surface area (Å²) in [7, 11) is 0. The van der Waals surface area contributed by atoms with Crippen molar-refractivity contribution in [1.29, 1.82) is 0 Å². The summed E-state index contributed by atoms with van der Waals surface area (Å²) in [6, 6.07) is 6.03. The zero-order valence-corrected chi connectivity index (χ0v) is 11.2. The molecule has 5 heteroatoms. The Morgan fingerprint density at radius 3 is 3.11 bits per heavy atom.